The molecule has 5 nitrogen and oxygen atoms in total. The van der Waals surface area contributed by atoms with Gasteiger partial charge in [-0.05, 0) is 43.4 Å². The molecule has 2 N–H and O–H groups in total. The van der Waals surface area contributed by atoms with Gasteiger partial charge in [0.15, 0.2) is 5.11 Å². The van der Waals surface area contributed by atoms with Crippen LogP contribution in [0.5, 0.6) is 0 Å². The van der Waals surface area contributed by atoms with Crippen molar-refractivity contribution in [3.8, 4) is 0 Å². The van der Waals surface area contributed by atoms with Crippen molar-refractivity contribution >= 4 is 40.5 Å². The third-order valence-corrected chi connectivity index (χ3v) is 4.27. The topological polar surface area (TPSA) is 67.2 Å². The molecule has 0 aromatic heterocycles. The summed E-state index contributed by atoms with van der Waals surface area (Å²) in [6.45, 7) is 2.80. The van der Waals surface area contributed by atoms with Gasteiger partial charge in [0.2, 0.25) is 0 Å². The van der Waals surface area contributed by atoms with Crippen molar-refractivity contribution in [2.75, 3.05) is 17.6 Å². The molecule has 2 aromatic rings. The van der Waals surface area contributed by atoms with E-state index in [2.05, 4.69) is 41.8 Å². The van der Waals surface area contributed by atoms with Gasteiger partial charge >= 0.3 is 0 Å². The average molecular weight is 347 g/mol. The highest BCUT2D eigenvalue weighted by atomic mass is 32.2. The second-order valence-corrected chi connectivity index (χ2v) is 6.42. The number of nitrogens with one attached hydrogen (secondary N) is 2. The van der Waals surface area contributed by atoms with Gasteiger partial charge in [0.05, 0.1) is 4.92 Å². The number of nitro benzene ring substituents is 1. The van der Waals surface area contributed by atoms with E-state index in [1.54, 1.807) is 23.9 Å². The highest BCUT2D eigenvalue weighted by Gasteiger charge is 2.04. The number of thioether (sulfide) groups is 1. The van der Waals surface area contributed by atoms with Crippen LogP contribution in [-0.2, 0) is 0 Å². The first-order chi connectivity index (χ1) is 11.0. The maximum atomic E-state index is 10.6. The van der Waals surface area contributed by atoms with Crippen LogP contribution in [0.25, 0.3) is 0 Å². The number of hydrogen-bond acceptors (Lipinski definition) is 4. The Hall–Kier alpha value is -2.12. The van der Waals surface area contributed by atoms with E-state index in [1.165, 1.54) is 22.6 Å². The maximum Gasteiger partial charge on any atom is 0.269 e. The van der Waals surface area contributed by atoms with Crippen molar-refractivity contribution in [3.05, 3.63) is 64.2 Å². The third kappa shape index (κ3) is 5.88. The minimum Gasteiger partial charge on any atom is -0.362 e. The fourth-order valence-corrected chi connectivity index (χ4v) is 2.80. The number of non-ortho nitro benzene ring substituents is 1. The van der Waals surface area contributed by atoms with Gasteiger partial charge in [-0.3, -0.25) is 10.1 Å². The van der Waals surface area contributed by atoms with E-state index < -0.39 is 4.92 Å². The van der Waals surface area contributed by atoms with Gasteiger partial charge < -0.3 is 10.6 Å². The van der Waals surface area contributed by atoms with E-state index in [0.29, 0.717) is 5.11 Å². The summed E-state index contributed by atoms with van der Waals surface area (Å²) in [5, 5.41) is 17.2. The lowest BCUT2D eigenvalue weighted by Crippen LogP contribution is -2.30. The second kappa shape index (κ2) is 8.50. The zero-order valence-electron chi connectivity index (χ0n) is 12.6. The normalized spacial score (nSPS) is 10.1. The van der Waals surface area contributed by atoms with Crippen LogP contribution >= 0.6 is 24.0 Å². The molecule has 0 saturated heterocycles. The van der Waals surface area contributed by atoms with Gasteiger partial charge in [-0.25, -0.2) is 0 Å². The van der Waals surface area contributed by atoms with Crippen molar-refractivity contribution in [1.29, 1.82) is 0 Å². The molecule has 0 aliphatic heterocycles. The molecule has 0 amide bonds. The Labute approximate surface area is 144 Å². The molecule has 7 heteroatoms. The second-order valence-electron chi connectivity index (χ2n) is 4.85. The lowest BCUT2D eigenvalue weighted by molar-refractivity contribution is -0.384. The van der Waals surface area contributed by atoms with Crippen LogP contribution in [0, 0.1) is 17.0 Å². The summed E-state index contributed by atoms with van der Waals surface area (Å²) in [7, 11) is 0. The molecule has 0 unspecified atom stereocenters. The van der Waals surface area contributed by atoms with E-state index >= 15 is 0 Å². The van der Waals surface area contributed by atoms with E-state index in [-0.39, 0.29) is 5.69 Å². The molecular weight excluding hydrogens is 330 g/mol. The first kappa shape index (κ1) is 17.2. The van der Waals surface area contributed by atoms with Gasteiger partial charge in [-0.1, -0.05) is 17.7 Å². The third-order valence-electron chi connectivity index (χ3n) is 3.01. The number of rotatable bonds is 6. The molecular formula is C16H17N3O2S2. The predicted octanol–water partition coefficient (Wildman–Crippen LogP) is 3.98. The number of nitrogens with zero attached hydrogens (tertiary/aromatic N) is 1. The minimum atomic E-state index is -0.428. The Morgan fingerprint density at radius 1 is 1.17 bits per heavy atom. The molecule has 0 heterocycles. The van der Waals surface area contributed by atoms with Gasteiger partial charge in [-0.2, -0.15) is 0 Å². The van der Waals surface area contributed by atoms with Gasteiger partial charge in [0.1, 0.15) is 0 Å². The molecule has 0 saturated carbocycles. The lowest BCUT2D eigenvalue weighted by Gasteiger charge is -2.10. The summed E-state index contributed by atoms with van der Waals surface area (Å²) in [4.78, 5) is 11.4. The Kier molecular flexibility index (Phi) is 6.37. The van der Waals surface area contributed by atoms with Crippen molar-refractivity contribution in [3.63, 3.8) is 0 Å². The van der Waals surface area contributed by atoms with Crippen LogP contribution in [-0.4, -0.2) is 22.3 Å². The van der Waals surface area contributed by atoms with Crippen LogP contribution < -0.4 is 10.6 Å². The molecule has 0 spiro atoms. The van der Waals surface area contributed by atoms with Gasteiger partial charge in [0.25, 0.3) is 5.69 Å². The first-order valence-corrected chi connectivity index (χ1v) is 8.43. The number of nitro groups is 1. The zero-order chi connectivity index (χ0) is 16.7. The maximum absolute atomic E-state index is 10.6. The average Bonchev–Trinajstić information content (AvgIpc) is 2.54. The van der Waals surface area contributed by atoms with Crippen LogP contribution in [0.1, 0.15) is 5.56 Å². The molecule has 0 aliphatic carbocycles. The molecule has 0 aliphatic rings. The summed E-state index contributed by atoms with van der Waals surface area (Å²) < 4.78 is 0. The van der Waals surface area contributed by atoms with Gasteiger partial charge in [0, 0.05) is 35.0 Å². The fourth-order valence-electron chi connectivity index (χ4n) is 1.81. The molecule has 2 rings (SSSR count). The van der Waals surface area contributed by atoms with Crippen molar-refractivity contribution in [2.45, 2.75) is 11.8 Å². The summed E-state index contributed by atoms with van der Waals surface area (Å²) in [6, 6.07) is 14.5. The number of anilines is 1. The van der Waals surface area contributed by atoms with Crippen molar-refractivity contribution in [2.24, 2.45) is 0 Å². The van der Waals surface area contributed by atoms with E-state index in [1.807, 2.05) is 0 Å². The highest BCUT2D eigenvalue weighted by Crippen LogP contribution is 2.17. The molecule has 0 radical (unpaired) electrons. The number of thiocarbonyl (C=S) groups is 1. The van der Waals surface area contributed by atoms with Crippen LogP contribution in [0.2, 0.25) is 0 Å². The molecule has 0 atom stereocenters. The van der Waals surface area contributed by atoms with Crippen molar-refractivity contribution in [1.82, 2.24) is 5.32 Å². The Morgan fingerprint density at radius 2 is 1.83 bits per heavy atom. The SMILES string of the molecule is Cc1ccc(SCCNC(=S)Nc2ccc([N+](=O)[O-])cc2)cc1. The molecule has 2 aromatic carbocycles. The Bertz CT molecular complexity index is 673. The van der Waals surface area contributed by atoms with Crippen LogP contribution in [0.3, 0.4) is 0 Å². The fraction of sp³-hybridized carbons (Fsp3) is 0.188. The van der Waals surface area contributed by atoms with E-state index in [4.69, 9.17) is 12.2 Å². The monoisotopic (exact) mass is 347 g/mol. The predicted molar refractivity (Wildman–Crippen MR) is 99.2 cm³/mol. The Morgan fingerprint density at radius 3 is 2.43 bits per heavy atom. The molecule has 120 valence electrons. The lowest BCUT2D eigenvalue weighted by atomic mass is 10.2. The molecule has 23 heavy (non-hydrogen) atoms. The number of benzene rings is 2. The van der Waals surface area contributed by atoms with Crippen LogP contribution in [0.4, 0.5) is 11.4 Å². The largest absolute Gasteiger partial charge is 0.362 e. The summed E-state index contributed by atoms with van der Waals surface area (Å²) in [6.07, 6.45) is 0. The Balaban J connectivity index is 1.70. The van der Waals surface area contributed by atoms with E-state index in [9.17, 15) is 10.1 Å². The summed E-state index contributed by atoms with van der Waals surface area (Å²) in [5.74, 6) is 0.894. The van der Waals surface area contributed by atoms with E-state index in [0.717, 1.165) is 18.0 Å². The highest BCUT2D eigenvalue weighted by molar-refractivity contribution is 7.99. The van der Waals surface area contributed by atoms with Gasteiger partial charge in [-0.15, -0.1) is 11.8 Å². The summed E-state index contributed by atoms with van der Waals surface area (Å²) in [5.41, 5.74) is 2.03. The first-order valence-electron chi connectivity index (χ1n) is 7.03. The quantitative estimate of drug-likeness (QED) is 0.271. The number of hydrogen-bond donors (Lipinski definition) is 2. The smallest absolute Gasteiger partial charge is 0.269 e. The molecule has 0 fully saturated rings. The van der Waals surface area contributed by atoms with Crippen LogP contribution in [0.15, 0.2) is 53.4 Å². The molecule has 0 bridgehead atoms. The minimum absolute atomic E-state index is 0.0592. The van der Waals surface area contributed by atoms with Crippen molar-refractivity contribution < 1.29 is 4.92 Å². The standard InChI is InChI=1S/C16H17N3O2S2/c1-12-2-8-15(9-3-12)23-11-10-17-16(22)18-13-4-6-14(7-5-13)19(20)21/h2-9H,10-11H2,1H3,(H2,17,18,22). The number of aryl methyl sites for hydroxylation is 1. The zero-order valence-corrected chi connectivity index (χ0v) is 14.2. The summed E-state index contributed by atoms with van der Waals surface area (Å²) >= 11 is 6.96.